The number of esters is 2. The number of aliphatic carboxylic acids is 1. The molecule has 0 saturated heterocycles. The average molecular weight is 517 g/mol. The van der Waals surface area contributed by atoms with Crippen molar-refractivity contribution in [2.75, 3.05) is 12.9 Å². The van der Waals surface area contributed by atoms with Crippen LogP contribution in [0.2, 0.25) is 0 Å². The van der Waals surface area contributed by atoms with Gasteiger partial charge in [-0.05, 0) is 54.6 Å². The van der Waals surface area contributed by atoms with Gasteiger partial charge in [0.25, 0.3) is 10.1 Å². The monoisotopic (exact) mass is 516 g/mol. The van der Waals surface area contributed by atoms with Crippen LogP contribution in [-0.4, -0.2) is 58.8 Å². The van der Waals surface area contributed by atoms with Crippen LogP contribution in [0.5, 0.6) is 5.75 Å². The molecule has 0 bridgehead atoms. The van der Waals surface area contributed by atoms with E-state index in [1.165, 1.54) is 0 Å². The molecule has 0 aliphatic carbocycles. The van der Waals surface area contributed by atoms with Crippen molar-refractivity contribution in [1.82, 2.24) is 9.97 Å². The molecule has 0 saturated carbocycles. The number of carbonyl (C=O) groups is 3. The molecule has 2 heterocycles. The summed E-state index contributed by atoms with van der Waals surface area (Å²) in [6.45, 7) is 3.37. The van der Waals surface area contributed by atoms with E-state index in [4.69, 9.17) is 14.4 Å². The number of fused-ring (bicyclic) bond motifs is 4. The lowest BCUT2D eigenvalue weighted by molar-refractivity contribution is -0.155. The Morgan fingerprint density at radius 2 is 1.67 bits per heavy atom. The number of aromatic amines is 1. The molecular weight excluding hydrogens is 492 g/mol. The second kappa shape index (κ2) is 10.7. The second-order valence-corrected chi connectivity index (χ2v) is 9.48. The number of H-pyrrole nitrogens is 1. The highest BCUT2D eigenvalue weighted by Crippen LogP contribution is 2.37. The van der Waals surface area contributed by atoms with Crippen molar-refractivity contribution in [3.8, 4) is 5.75 Å². The number of nitrogens with zero attached hydrogens (tertiary/aromatic N) is 1. The lowest BCUT2D eigenvalue weighted by atomic mass is 9.97. The molecule has 0 radical (unpaired) electrons. The standard InChI is InChI=1S/C23H20N2O6.CH4O3S/c1-12-17-10-24-8-7-15(17)13(2)23-22(12)16-9-14(3-4-18(16)25-23)31-21(29)6-5-20(28)30-11-19(26)27;1-5(2,3)4/h3-4,7-10,25H,5-6,11H2,1-2H3,(H,26,27);1H3,(H,2,3,4). The van der Waals surface area contributed by atoms with Crippen molar-refractivity contribution in [2.24, 2.45) is 0 Å². The maximum atomic E-state index is 12.1. The summed E-state index contributed by atoms with van der Waals surface area (Å²) in [7, 11) is -3.67. The summed E-state index contributed by atoms with van der Waals surface area (Å²) in [5.74, 6) is -2.26. The lowest BCUT2D eigenvalue weighted by Gasteiger charge is -2.08. The Kier molecular flexibility index (Phi) is 7.90. The fourth-order valence-electron chi connectivity index (χ4n) is 3.80. The quantitative estimate of drug-likeness (QED) is 0.196. The molecule has 2 aromatic heterocycles. The van der Waals surface area contributed by atoms with Crippen LogP contribution < -0.4 is 4.74 Å². The minimum atomic E-state index is -3.67. The van der Waals surface area contributed by atoms with Gasteiger partial charge >= 0.3 is 17.9 Å². The molecule has 0 amide bonds. The number of carboxylic acid groups (broad SMARTS) is 1. The first kappa shape index (κ1) is 26.6. The van der Waals surface area contributed by atoms with E-state index in [1.54, 1.807) is 18.3 Å². The minimum Gasteiger partial charge on any atom is -0.479 e. The second-order valence-electron chi connectivity index (χ2n) is 8.02. The maximum absolute atomic E-state index is 12.1. The summed E-state index contributed by atoms with van der Waals surface area (Å²) in [6.07, 6.45) is 3.88. The van der Waals surface area contributed by atoms with E-state index in [2.05, 4.69) is 21.6 Å². The van der Waals surface area contributed by atoms with Gasteiger partial charge in [-0.2, -0.15) is 8.42 Å². The molecule has 36 heavy (non-hydrogen) atoms. The molecular formula is C24H24N2O9S. The molecule has 190 valence electrons. The third kappa shape index (κ3) is 6.55. The van der Waals surface area contributed by atoms with Gasteiger partial charge in [0.1, 0.15) is 5.75 Å². The van der Waals surface area contributed by atoms with E-state index in [0.717, 1.165) is 43.7 Å². The average Bonchev–Trinajstić information content (AvgIpc) is 3.18. The van der Waals surface area contributed by atoms with E-state index < -0.39 is 34.6 Å². The van der Waals surface area contributed by atoms with Gasteiger partial charge in [-0.1, -0.05) is 0 Å². The van der Waals surface area contributed by atoms with Crippen LogP contribution in [0.25, 0.3) is 32.6 Å². The van der Waals surface area contributed by atoms with E-state index in [0.29, 0.717) is 12.0 Å². The van der Waals surface area contributed by atoms with E-state index in [9.17, 15) is 22.8 Å². The first-order valence-electron chi connectivity index (χ1n) is 10.6. The number of aryl methyl sites for hydroxylation is 2. The highest BCUT2D eigenvalue weighted by Gasteiger charge is 2.16. The van der Waals surface area contributed by atoms with Crippen molar-refractivity contribution in [3.63, 3.8) is 0 Å². The summed E-state index contributed by atoms with van der Waals surface area (Å²) in [6, 6.07) is 7.33. The molecule has 2 aromatic carbocycles. The number of benzene rings is 2. The smallest absolute Gasteiger partial charge is 0.341 e. The van der Waals surface area contributed by atoms with E-state index in [-0.39, 0.29) is 12.8 Å². The summed E-state index contributed by atoms with van der Waals surface area (Å²) in [5, 5.41) is 12.7. The number of aromatic nitrogens is 2. The Hall–Kier alpha value is -4.03. The molecule has 0 aliphatic rings. The molecule has 0 unspecified atom stereocenters. The van der Waals surface area contributed by atoms with Crippen molar-refractivity contribution in [1.29, 1.82) is 0 Å². The van der Waals surface area contributed by atoms with Crippen LogP contribution >= 0.6 is 0 Å². The molecule has 3 N–H and O–H groups in total. The summed E-state index contributed by atoms with van der Waals surface area (Å²) < 4.78 is 35.8. The Labute approximate surface area is 205 Å². The van der Waals surface area contributed by atoms with Gasteiger partial charge in [-0.15, -0.1) is 0 Å². The summed E-state index contributed by atoms with van der Waals surface area (Å²) >= 11 is 0. The first-order valence-corrected chi connectivity index (χ1v) is 12.5. The minimum absolute atomic E-state index is 0.210. The van der Waals surface area contributed by atoms with Gasteiger partial charge in [-0.3, -0.25) is 19.1 Å². The predicted octanol–water partition coefficient (Wildman–Crippen LogP) is 3.30. The van der Waals surface area contributed by atoms with Gasteiger partial charge in [0.05, 0.1) is 24.6 Å². The van der Waals surface area contributed by atoms with Crippen molar-refractivity contribution < 1.29 is 41.9 Å². The third-order valence-corrected chi connectivity index (χ3v) is 5.27. The Bertz CT molecular complexity index is 1580. The zero-order chi connectivity index (χ0) is 26.6. The van der Waals surface area contributed by atoms with Crippen molar-refractivity contribution in [2.45, 2.75) is 26.7 Å². The lowest BCUT2D eigenvalue weighted by Crippen LogP contribution is -2.15. The van der Waals surface area contributed by atoms with Crippen LogP contribution in [-0.2, 0) is 29.2 Å². The number of ether oxygens (including phenoxy) is 2. The molecule has 4 rings (SSSR count). The maximum Gasteiger partial charge on any atom is 0.341 e. The zero-order valence-electron chi connectivity index (χ0n) is 19.7. The number of hydrogen-bond acceptors (Lipinski definition) is 8. The normalized spacial score (nSPS) is 11.2. The zero-order valence-corrected chi connectivity index (χ0v) is 20.5. The van der Waals surface area contributed by atoms with Gasteiger partial charge in [0.2, 0.25) is 0 Å². The van der Waals surface area contributed by atoms with Crippen molar-refractivity contribution in [3.05, 3.63) is 47.8 Å². The number of rotatable bonds is 6. The first-order chi connectivity index (χ1) is 16.8. The Morgan fingerprint density at radius 1 is 1.00 bits per heavy atom. The third-order valence-electron chi connectivity index (χ3n) is 5.27. The topological polar surface area (TPSA) is 173 Å². The van der Waals surface area contributed by atoms with Gasteiger partial charge < -0.3 is 19.6 Å². The number of nitrogens with one attached hydrogen (secondary N) is 1. The predicted molar refractivity (Wildman–Crippen MR) is 132 cm³/mol. The van der Waals surface area contributed by atoms with Crippen LogP contribution in [0.1, 0.15) is 24.0 Å². The molecule has 0 fully saturated rings. The van der Waals surface area contributed by atoms with Crippen LogP contribution in [0, 0.1) is 13.8 Å². The van der Waals surface area contributed by atoms with E-state index in [1.807, 2.05) is 25.3 Å². The Morgan fingerprint density at radius 3 is 2.33 bits per heavy atom. The molecule has 0 atom stereocenters. The summed E-state index contributed by atoms with van der Waals surface area (Å²) in [5.41, 5.74) is 4.14. The SMILES string of the molecule is CS(=O)(=O)O.Cc1c2ccncc2c(C)c2c1[nH]c1ccc(OC(=O)CCC(=O)OCC(=O)O)cc12. The fourth-order valence-corrected chi connectivity index (χ4v) is 3.80. The van der Waals surface area contributed by atoms with Gasteiger partial charge in [0.15, 0.2) is 6.61 Å². The molecule has 4 aromatic rings. The fraction of sp³-hybridized carbons (Fsp3) is 0.250. The van der Waals surface area contributed by atoms with Crippen molar-refractivity contribution >= 4 is 60.6 Å². The highest BCUT2D eigenvalue weighted by molar-refractivity contribution is 7.85. The molecule has 0 aliphatic heterocycles. The van der Waals surface area contributed by atoms with Gasteiger partial charge in [-0.25, -0.2) is 4.79 Å². The van der Waals surface area contributed by atoms with E-state index >= 15 is 0 Å². The highest BCUT2D eigenvalue weighted by atomic mass is 32.2. The number of hydrogen-bond donors (Lipinski definition) is 3. The Balaban J connectivity index is 0.000000658. The number of carbonyl (C=O) groups excluding carboxylic acids is 2. The van der Waals surface area contributed by atoms with Crippen LogP contribution in [0.4, 0.5) is 0 Å². The summed E-state index contributed by atoms with van der Waals surface area (Å²) in [4.78, 5) is 41.7. The molecule has 0 spiro atoms. The number of carboxylic acids is 1. The largest absolute Gasteiger partial charge is 0.479 e. The molecule has 11 nitrogen and oxygen atoms in total. The molecule has 12 heteroatoms. The number of pyridine rings is 1. The van der Waals surface area contributed by atoms with Crippen LogP contribution in [0.3, 0.4) is 0 Å². The van der Waals surface area contributed by atoms with Crippen LogP contribution in [0.15, 0.2) is 36.7 Å². The van der Waals surface area contributed by atoms with Gasteiger partial charge in [0, 0.05) is 34.1 Å².